The van der Waals surface area contributed by atoms with Gasteiger partial charge in [-0.15, -0.1) is 0 Å². The molecule has 0 aliphatic rings. The van der Waals surface area contributed by atoms with Gasteiger partial charge in [-0.05, 0) is 54.6 Å². The molecule has 5 aromatic rings. The molecule has 8 nitrogen and oxygen atoms in total. The highest BCUT2D eigenvalue weighted by molar-refractivity contribution is 6.31. The number of benzene rings is 3. The van der Waals surface area contributed by atoms with Crippen LogP contribution in [-0.4, -0.2) is 27.1 Å². The number of amides is 2. The number of furan rings is 1. The molecular formula is C26H16ClF3N4O4. The first kappa shape index (κ1) is 24.9. The number of phenolic OH excluding ortho intramolecular Hbond substituents is 1. The molecule has 0 saturated carbocycles. The smallest absolute Gasteiger partial charge is 0.416 e. The number of aromatic amines is 1. The van der Waals surface area contributed by atoms with Crippen molar-refractivity contribution in [2.45, 2.75) is 6.18 Å². The molecular weight excluding hydrogens is 525 g/mol. The molecule has 0 radical (unpaired) electrons. The van der Waals surface area contributed by atoms with E-state index in [1.54, 1.807) is 24.3 Å². The van der Waals surface area contributed by atoms with Crippen LogP contribution >= 0.6 is 11.6 Å². The fourth-order valence-electron chi connectivity index (χ4n) is 3.76. The summed E-state index contributed by atoms with van der Waals surface area (Å²) in [4.78, 5) is 26.1. The standard InChI is InChI=1S/C26H16ClF3N4O4/c27-14-8-9-20(35)17(11-14)18-12-19(34-33-18)24(36)32-22-16-6-1-2-7-21(16)38-23(22)25(37)31-15-5-3-4-13(10-15)26(28,29)30/h1-12,35H,(H,31,37)(H,32,36)(H,33,34). The van der Waals surface area contributed by atoms with Crippen molar-refractivity contribution in [1.29, 1.82) is 0 Å². The molecule has 0 aliphatic heterocycles. The van der Waals surface area contributed by atoms with Gasteiger partial charge in [-0.3, -0.25) is 14.7 Å². The quantitative estimate of drug-likeness (QED) is 0.197. The largest absolute Gasteiger partial charge is 0.507 e. The van der Waals surface area contributed by atoms with E-state index in [0.29, 0.717) is 16.0 Å². The number of carbonyl (C=O) groups is 2. The maximum atomic E-state index is 13.1. The number of aromatic hydroxyl groups is 1. The Bertz CT molecular complexity index is 1690. The predicted octanol–water partition coefficient (Wildman–Crippen LogP) is 6.71. The van der Waals surface area contributed by atoms with Crippen molar-refractivity contribution in [3.8, 4) is 17.0 Å². The zero-order chi connectivity index (χ0) is 27.0. The van der Waals surface area contributed by atoms with Crippen molar-refractivity contribution in [3.05, 3.63) is 94.8 Å². The highest BCUT2D eigenvalue weighted by Gasteiger charge is 2.31. The number of nitrogens with one attached hydrogen (secondary N) is 3. The van der Waals surface area contributed by atoms with Crippen LogP contribution in [0.15, 0.2) is 77.2 Å². The Morgan fingerprint density at radius 1 is 0.947 bits per heavy atom. The van der Waals surface area contributed by atoms with E-state index in [9.17, 15) is 27.9 Å². The lowest BCUT2D eigenvalue weighted by molar-refractivity contribution is -0.137. The van der Waals surface area contributed by atoms with Gasteiger partial charge in [0.1, 0.15) is 22.7 Å². The van der Waals surface area contributed by atoms with E-state index in [2.05, 4.69) is 20.8 Å². The highest BCUT2D eigenvalue weighted by atomic mass is 35.5. The Labute approximate surface area is 217 Å². The van der Waals surface area contributed by atoms with Crippen LogP contribution in [0.3, 0.4) is 0 Å². The Morgan fingerprint density at radius 2 is 1.74 bits per heavy atom. The molecule has 0 unspecified atom stereocenters. The Hall–Kier alpha value is -4.77. The highest BCUT2D eigenvalue weighted by Crippen LogP contribution is 2.34. The van der Waals surface area contributed by atoms with E-state index in [1.165, 1.54) is 30.3 Å². The number of hydrogen-bond acceptors (Lipinski definition) is 5. The third-order valence-corrected chi connectivity index (χ3v) is 5.78. The molecule has 0 fully saturated rings. The van der Waals surface area contributed by atoms with Crippen LogP contribution < -0.4 is 10.6 Å². The van der Waals surface area contributed by atoms with Crippen LogP contribution in [0.5, 0.6) is 5.75 Å². The van der Waals surface area contributed by atoms with E-state index >= 15 is 0 Å². The van der Waals surface area contributed by atoms with Gasteiger partial charge < -0.3 is 20.2 Å². The summed E-state index contributed by atoms with van der Waals surface area (Å²) < 4.78 is 44.9. The van der Waals surface area contributed by atoms with Crippen LogP contribution in [0.4, 0.5) is 24.5 Å². The minimum absolute atomic E-state index is 0.00565. The summed E-state index contributed by atoms with van der Waals surface area (Å²) in [6, 6.07) is 16.4. The number of H-pyrrole nitrogens is 1. The maximum Gasteiger partial charge on any atom is 0.416 e. The average molecular weight is 541 g/mol. The molecule has 5 rings (SSSR count). The summed E-state index contributed by atoms with van der Waals surface area (Å²) in [6.45, 7) is 0. The predicted molar refractivity (Wildman–Crippen MR) is 134 cm³/mol. The lowest BCUT2D eigenvalue weighted by Crippen LogP contribution is -2.17. The minimum Gasteiger partial charge on any atom is -0.507 e. The molecule has 12 heteroatoms. The number of aromatic nitrogens is 2. The Kier molecular flexibility index (Phi) is 6.29. The fraction of sp³-hybridized carbons (Fsp3) is 0.0385. The van der Waals surface area contributed by atoms with Crippen molar-refractivity contribution in [2.24, 2.45) is 0 Å². The van der Waals surface area contributed by atoms with E-state index in [0.717, 1.165) is 18.2 Å². The normalized spacial score (nSPS) is 11.5. The van der Waals surface area contributed by atoms with Crippen LogP contribution in [0.25, 0.3) is 22.2 Å². The second-order valence-electron chi connectivity index (χ2n) is 8.12. The summed E-state index contributed by atoms with van der Waals surface area (Å²) >= 11 is 5.99. The average Bonchev–Trinajstić information content (AvgIpc) is 3.51. The number of carbonyl (C=O) groups excluding carboxylic acids is 2. The second kappa shape index (κ2) is 9.60. The molecule has 0 saturated heterocycles. The van der Waals surface area contributed by atoms with Crippen LogP contribution in [0.1, 0.15) is 26.6 Å². The van der Waals surface area contributed by atoms with Gasteiger partial charge in [-0.1, -0.05) is 29.8 Å². The molecule has 192 valence electrons. The molecule has 38 heavy (non-hydrogen) atoms. The monoisotopic (exact) mass is 540 g/mol. The van der Waals surface area contributed by atoms with E-state index in [-0.39, 0.29) is 39.9 Å². The fourth-order valence-corrected chi connectivity index (χ4v) is 3.93. The number of hydrogen-bond donors (Lipinski definition) is 4. The van der Waals surface area contributed by atoms with Gasteiger partial charge in [-0.2, -0.15) is 18.3 Å². The van der Waals surface area contributed by atoms with Gasteiger partial charge >= 0.3 is 6.18 Å². The summed E-state index contributed by atoms with van der Waals surface area (Å²) in [5.41, 5.74) is -0.231. The molecule has 3 aromatic carbocycles. The number of halogens is 4. The minimum atomic E-state index is -4.59. The van der Waals surface area contributed by atoms with Crippen molar-refractivity contribution in [3.63, 3.8) is 0 Å². The van der Waals surface area contributed by atoms with Gasteiger partial charge in [0.2, 0.25) is 5.76 Å². The van der Waals surface area contributed by atoms with Crippen molar-refractivity contribution >= 4 is 45.8 Å². The Balaban J connectivity index is 1.45. The number of nitrogens with zero attached hydrogens (tertiary/aromatic N) is 1. The second-order valence-corrected chi connectivity index (χ2v) is 8.55. The number of anilines is 2. The van der Waals surface area contributed by atoms with Crippen LogP contribution in [0.2, 0.25) is 5.02 Å². The van der Waals surface area contributed by atoms with Gasteiger partial charge in [0.15, 0.2) is 0 Å². The van der Waals surface area contributed by atoms with Crippen molar-refractivity contribution < 1.29 is 32.3 Å². The van der Waals surface area contributed by atoms with Gasteiger partial charge in [0.25, 0.3) is 11.8 Å². The number of phenols is 1. The molecule has 4 N–H and O–H groups in total. The molecule has 0 spiro atoms. The van der Waals surface area contributed by atoms with Crippen molar-refractivity contribution in [1.82, 2.24) is 10.2 Å². The van der Waals surface area contributed by atoms with Crippen LogP contribution in [0, 0.1) is 0 Å². The molecule has 2 amide bonds. The third-order valence-electron chi connectivity index (χ3n) is 5.55. The first-order valence-electron chi connectivity index (χ1n) is 11.0. The number of rotatable bonds is 5. The van der Waals surface area contributed by atoms with E-state index in [4.69, 9.17) is 16.0 Å². The first-order chi connectivity index (χ1) is 18.1. The molecule has 0 aliphatic carbocycles. The van der Waals surface area contributed by atoms with Gasteiger partial charge in [-0.25, -0.2) is 0 Å². The molecule has 0 atom stereocenters. The Morgan fingerprint density at radius 3 is 2.53 bits per heavy atom. The van der Waals surface area contributed by atoms with Gasteiger partial charge in [0, 0.05) is 21.7 Å². The maximum absolute atomic E-state index is 13.1. The first-order valence-corrected chi connectivity index (χ1v) is 11.3. The molecule has 2 aromatic heterocycles. The zero-order valence-electron chi connectivity index (χ0n) is 19.1. The summed E-state index contributed by atoms with van der Waals surface area (Å²) in [6.07, 6.45) is -4.59. The molecule has 2 heterocycles. The lowest BCUT2D eigenvalue weighted by atomic mass is 10.1. The van der Waals surface area contributed by atoms with E-state index < -0.39 is 23.6 Å². The number of alkyl halides is 3. The van der Waals surface area contributed by atoms with Gasteiger partial charge in [0.05, 0.1) is 11.3 Å². The number of para-hydroxylation sites is 1. The molecule has 0 bridgehead atoms. The summed E-state index contributed by atoms with van der Waals surface area (Å²) in [5.74, 6) is -1.97. The SMILES string of the molecule is O=C(Nc1c(C(=O)Nc2cccc(C(F)(F)F)c2)oc2ccccc12)c1cc(-c2cc(Cl)ccc2O)n[nH]1. The topological polar surface area (TPSA) is 120 Å². The third kappa shape index (κ3) is 4.91. The summed E-state index contributed by atoms with van der Waals surface area (Å²) in [7, 11) is 0. The zero-order valence-corrected chi connectivity index (χ0v) is 19.8. The van der Waals surface area contributed by atoms with E-state index in [1.807, 2.05) is 0 Å². The van der Waals surface area contributed by atoms with Crippen molar-refractivity contribution in [2.75, 3.05) is 10.6 Å². The number of fused-ring (bicyclic) bond motifs is 1. The summed E-state index contributed by atoms with van der Waals surface area (Å²) in [5, 5.41) is 22.5. The lowest BCUT2D eigenvalue weighted by Gasteiger charge is -2.10. The van der Waals surface area contributed by atoms with Crippen LogP contribution in [-0.2, 0) is 6.18 Å².